The first-order valence-electron chi connectivity index (χ1n) is 3.65. The van der Waals surface area contributed by atoms with Crippen molar-refractivity contribution in [3.05, 3.63) is 42.2 Å². The van der Waals surface area contributed by atoms with E-state index in [4.69, 9.17) is 0 Å². The molecule has 0 nitrogen and oxygen atoms in total. The van der Waals surface area contributed by atoms with Gasteiger partial charge in [0.1, 0.15) is 0 Å². The summed E-state index contributed by atoms with van der Waals surface area (Å²) in [6.07, 6.45) is 3.58. The van der Waals surface area contributed by atoms with Gasteiger partial charge in [-0.05, 0) is 63.7 Å². The Bertz CT molecular complexity index is 339. The van der Waals surface area contributed by atoms with Crippen molar-refractivity contribution in [1.82, 2.24) is 0 Å². The summed E-state index contributed by atoms with van der Waals surface area (Å²) in [5.41, 5.74) is 2.02. The van der Waals surface area contributed by atoms with E-state index < -0.39 is 0 Å². The topological polar surface area (TPSA) is 0 Å². The molecule has 0 heterocycles. The minimum atomic E-state index is 0.970. The molecule has 1 rings (SSSR count). The van der Waals surface area contributed by atoms with E-state index in [9.17, 15) is 0 Å². The smallest absolute Gasteiger partial charge is 0.0407 e. The van der Waals surface area contributed by atoms with Crippen LogP contribution in [-0.2, 0) is 0 Å². The zero-order chi connectivity index (χ0) is 10.9. The molecule has 1 aromatic rings. The highest BCUT2D eigenvalue weighted by molar-refractivity contribution is 9.14. The van der Waals surface area contributed by atoms with Gasteiger partial charge in [-0.3, -0.25) is 0 Å². The van der Waals surface area contributed by atoms with Crippen LogP contribution in [0.15, 0.2) is 31.0 Å². The maximum atomic E-state index is 3.76. The Morgan fingerprint density at radius 2 is 0.857 bits per heavy atom. The molecule has 0 spiro atoms. The summed E-state index contributed by atoms with van der Waals surface area (Å²) < 4.78 is 3.88. The average Bonchev–Trinajstić information content (AvgIpc) is 2.17. The standard InChI is InChI=1S/C10H6Br4/c1-3-5-7(11)9(13)6(4-2)10(14)8(5)12/h3-4H,1-2H2. The van der Waals surface area contributed by atoms with Gasteiger partial charge < -0.3 is 0 Å². The molecule has 0 atom stereocenters. The highest BCUT2D eigenvalue weighted by Crippen LogP contribution is 2.42. The van der Waals surface area contributed by atoms with Gasteiger partial charge in [0, 0.05) is 29.0 Å². The molecule has 0 N–H and O–H groups in total. The second-order valence-corrected chi connectivity index (χ2v) is 5.66. The van der Waals surface area contributed by atoms with Gasteiger partial charge in [0.15, 0.2) is 0 Å². The summed E-state index contributed by atoms with van der Waals surface area (Å²) in [6.45, 7) is 7.53. The monoisotopic (exact) mass is 442 g/mol. The normalized spacial score (nSPS) is 10.0. The first-order chi connectivity index (χ1) is 6.54. The number of rotatable bonds is 2. The SMILES string of the molecule is C=Cc1c(Br)c(Br)c(C=C)c(Br)c1Br. The molecule has 0 aliphatic heterocycles. The molecule has 74 valence electrons. The van der Waals surface area contributed by atoms with Crippen LogP contribution >= 0.6 is 63.7 Å². The van der Waals surface area contributed by atoms with Gasteiger partial charge in [-0.2, -0.15) is 0 Å². The van der Waals surface area contributed by atoms with Gasteiger partial charge in [0.25, 0.3) is 0 Å². The maximum absolute atomic E-state index is 3.76. The summed E-state index contributed by atoms with van der Waals surface area (Å²) >= 11 is 14.0. The predicted molar refractivity (Wildman–Crippen MR) is 77.4 cm³/mol. The molecule has 1 aromatic carbocycles. The summed E-state index contributed by atoms with van der Waals surface area (Å²) in [5, 5.41) is 0. The molecule has 0 amide bonds. The zero-order valence-corrected chi connectivity index (χ0v) is 13.4. The van der Waals surface area contributed by atoms with Crippen LogP contribution < -0.4 is 0 Å². The van der Waals surface area contributed by atoms with Crippen molar-refractivity contribution in [2.45, 2.75) is 0 Å². The second-order valence-electron chi connectivity index (χ2n) is 2.49. The fraction of sp³-hybridized carbons (Fsp3) is 0. The fourth-order valence-corrected chi connectivity index (χ4v) is 3.85. The number of hydrogen-bond acceptors (Lipinski definition) is 0. The van der Waals surface area contributed by atoms with Crippen LogP contribution in [0.2, 0.25) is 0 Å². The van der Waals surface area contributed by atoms with Crippen LogP contribution in [0.5, 0.6) is 0 Å². The first-order valence-corrected chi connectivity index (χ1v) is 6.82. The van der Waals surface area contributed by atoms with Crippen LogP contribution in [0.25, 0.3) is 12.2 Å². The molecule has 0 saturated carbocycles. The maximum Gasteiger partial charge on any atom is 0.0407 e. The number of hydrogen-bond donors (Lipinski definition) is 0. The first kappa shape index (κ1) is 12.7. The molecule has 0 aliphatic rings. The van der Waals surface area contributed by atoms with Crippen molar-refractivity contribution in [3.8, 4) is 0 Å². The van der Waals surface area contributed by atoms with Crippen molar-refractivity contribution in [1.29, 1.82) is 0 Å². The van der Waals surface area contributed by atoms with Gasteiger partial charge in [0.05, 0.1) is 0 Å². The van der Waals surface area contributed by atoms with E-state index in [0.717, 1.165) is 29.0 Å². The summed E-state index contributed by atoms with van der Waals surface area (Å²) in [5.74, 6) is 0. The van der Waals surface area contributed by atoms with E-state index in [1.54, 1.807) is 12.2 Å². The van der Waals surface area contributed by atoms with Crippen molar-refractivity contribution in [2.24, 2.45) is 0 Å². The third-order valence-electron chi connectivity index (χ3n) is 1.74. The van der Waals surface area contributed by atoms with E-state index in [-0.39, 0.29) is 0 Å². The lowest BCUT2D eigenvalue weighted by Crippen LogP contribution is -1.88. The van der Waals surface area contributed by atoms with Crippen LogP contribution in [0.1, 0.15) is 11.1 Å². The molecule has 0 aliphatic carbocycles. The van der Waals surface area contributed by atoms with Crippen LogP contribution in [-0.4, -0.2) is 0 Å². The lowest BCUT2D eigenvalue weighted by Gasteiger charge is -2.11. The fourth-order valence-electron chi connectivity index (χ4n) is 1.02. The quantitative estimate of drug-likeness (QED) is 0.488. The van der Waals surface area contributed by atoms with E-state index >= 15 is 0 Å². The highest BCUT2D eigenvalue weighted by atomic mass is 79.9. The predicted octanol–water partition coefficient (Wildman–Crippen LogP) is 6.02. The molecule has 0 saturated heterocycles. The van der Waals surface area contributed by atoms with Gasteiger partial charge in [-0.25, -0.2) is 0 Å². The largest absolute Gasteiger partial charge is 0.0984 e. The van der Waals surface area contributed by atoms with Crippen LogP contribution in [0, 0.1) is 0 Å². The van der Waals surface area contributed by atoms with Crippen molar-refractivity contribution >= 4 is 75.9 Å². The molecule has 4 heteroatoms. The molecule has 14 heavy (non-hydrogen) atoms. The molecule has 0 fully saturated rings. The molecule has 0 aromatic heterocycles. The molecule has 0 radical (unpaired) electrons. The van der Waals surface area contributed by atoms with Crippen LogP contribution in [0.4, 0.5) is 0 Å². The number of halogens is 4. The van der Waals surface area contributed by atoms with Gasteiger partial charge in [-0.1, -0.05) is 25.3 Å². The minimum absolute atomic E-state index is 0.970. The highest BCUT2D eigenvalue weighted by Gasteiger charge is 2.14. The van der Waals surface area contributed by atoms with Crippen LogP contribution in [0.3, 0.4) is 0 Å². The Balaban J connectivity index is 3.71. The van der Waals surface area contributed by atoms with E-state index in [1.807, 2.05) is 0 Å². The average molecular weight is 446 g/mol. The lowest BCUT2D eigenvalue weighted by molar-refractivity contribution is 1.44. The van der Waals surface area contributed by atoms with Crippen molar-refractivity contribution in [3.63, 3.8) is 0 Å². The van der Waals surface area contributed by atoms with Crippen molar-refractivity contribution < 1.29 is 0 Å². The Hall–Kier alpha value is 0.620. The summed E-state index contributed by atoms with van der Waals surface area (Å²) in [4.78, 5) is 0. The van der Waals surface area contributed by atoms with Gasteiger partial charge >= 0.3 is 0 Å². The van der Waals surface area contributed by atoms with E-state index in [1.165, 1.54) is 0 Å². The van der Waals surface area contributed by atoms with E-state index in [2.05, 4.69) is 76.9 Å². The van der Waals surface area contributed by atoms with Gasteiger partial charge in [-0.15, -0.1) is 0 Å². The number of benzene rings is 1. The van der Waals surface area contributed by atoms with E-state index in [0.29, 0.717) is 0 Å². The minimum Gasteiger partial charge on any atom is -0.0984 e. The Morgan fingerprint density at radius 1 is 0.643 bits per heavy atom. The third kappa shape index (κ3) is 2.08. The summed E-state index contributed by atoms with van der Waals surface area (Å²) in [6, 6.07) is 0. The molecular weight excluding hydrogens is 440 g/mol. The molecule has 0 bridgehead atoms. The van der Waals surface area contributed by atoms with Crippen molar-refractivity contribution in [2.75, 3.05) is 0 Å². The Morgan fingerprint density at radius 3 is 1.00 bits per heavy atom. The molecular formula is C10H6Br4. The second kappa shape index (κ2) is 5.10. The Kier molecular flexibility index (Phi) is 4.62. The van der Waals surface area contributed by atoms with Gasteiger partial charge in [0.2, 0.25) is 0 Å². The zero-order valence-electron chi connectivity index (χ0n) is 7.08. The third-order valence-corrected chi connectivity index (χ3v) is 6.10. The lowest BCUT2D eigenvalue weighted by atomic mass is 10.1. The summed E-state index contributed by atoms with van der Waals surface area (Å²) in [7, 11) is 0. The molecule has 0 unspecified atom stereocenters. The Labute approximate surface area is 117 Å².